The largest absolute Gasteiger partial charge is 0.383 e. The van der Waals surface area contributed by atoms with Crippen LogP contribution in [-0.2, 0) is 25.8 Å². The molecule has 0 fully saturated rings. The predicted molar refractivity (Wildman–Crippen MR) is 110 cm³/mol. The number of aryl methyl sites for hydroxylation is 3. The van der Waals surface area contributed by atoms with E-state index in [2.05, 4.69) is 16.0 Å². The van der Waals surface area contributed by atoms with Gasteiger partial charge in [0.05, 0.1) is 23.3 Å². The maximum atomic E-state index is 14.6. The molecule has 0 bridgehead atoms. The fourth-order valence-electron chi connectivity index (χ4n) is 4.15. The van der Waals surface area contributed by atoms with Crippen LogP contribution in [0.15, 0.2) is 36.7 Å². The standard InChI is InChI=1S/C22H21FN6/c1-2-17-19-21(24)25-12-26-22(19)29(28-17)11-14-10-13-6-5-9-18(13)27-20(14)15-7-3-4-8-16(15)23/h3-4,7-8,10,12H,2,5-6,9,11H2,1H3,(H2,24,25,26). The van der Waals surface area contributed by atoms with Crippen molar-refractivity contribution in [2.45, 2.75) is 39.2 Å². The van der Waals surface area contributed by atoms with Crippen molar-refractivity contribution in [1.82, 2.24) is 24.7 Å². The van der Waals surface area contributed by atoms with Crippen molar-refractivity contribution in [1.29, 1.82) is 0 Å². The first-order valence-electron chi connectivity index (χ1n) is 9.88. The number of nitrogens with zero attached hydrogens (tertiary/aromatic N) is 5. The summed E-state index contributed by atoms with van der Waals surface area (Å²) in [6.07, 6.45) is 5.20. The zero-order chi connectivity index (χ0) is 20.0. The summed E-state index contributed by atoms with van der Waals surface area (Å²) in [5.41, 5.74) is 12.1. The summed E-state index contributed by atoms with van der Waals surface area (Å²) >= 11 is 0. The molecule has 1 aliphatic rings. The summed E-state index contributed by atoms with van der Waals surface area (Å²) < 4.78 is 16.4. The number of nitrogen functional groups attached to an aromatic ring is 1. The highest BCUT2D eigenvalue weighted by Crippen LogP contribution is 2.31. The lowest BCUT2D eigenvalue weighted by molar-refractivity contribution is 0.629. The average Bonchev–Trinajstić information content (AvgIpc) is 3.33. The zero-order valence-corrected chi connectivity index (χ0v) is 16.2. The molecule has 1 aromatic carbocycles. The second-order valence-electron chi connectivity index (χ2n) is 7.35. The molecule has 0 atom stereocenters. The molecular formula is C22H21FN6. The Morgan fingerprint density at radius 2 is 2.03 bits per heavy atom. The van der Waals surface area contributed by atoms with Gasteiger partial charge in [-0.1, -0.05) is 19.1 Å². The summed E-state index contributed by atoms with van der Waals surface area (Å²) in [6.45, 7) is 2.47. The number of hydrogen-bond donors (Lipinski definition) is 1. The topological polar surface area (TPSA) is 82.5 Å². The molecule has 0 aliphatic heterocycles. The van der Waals surface area contributed by atoms with Crippen molar-refractivity contribution in [3.63, 3.8) is 0 Å². The normalized spacial score (nSPS) is 13.2. The van der Waals surface area contributed by atoms with E-state index in [1.54, 1.807) is 12.1 Å². The molecule has 1 aliphatic carbocycles. The molecule has 6 nitrogen and oxygen atoms in total. The number of rotatable bonds is 4. The first kappa shape index (κ1) is 17.7. The van der Waals surface area contributed by atoms with Crippen LogP contribution in [0.2, 0.25) is 0 Å². The van der Waals surface area contributed by atoms with Gasteiger partial charge in [0.2, 0.25) is 0 Å². The SMILES string of the molecule is CCc1nn(Cc2cc3c(nc2-c2ccccc2F)CCC3)c2ncnc(N)c12. The number of benzene rings is 1. The molecule has 0 radical (unpaired) electrons. The Morgan fingerprint density at radius 3 is 2.86 bits per heavy atom. The Morgan fingerprint density at radius 1 is 1.17 bits per heavy atom. The zero-order valence-electron chi connectivity index (χ0n) is 16.2. The molecule has 3 heterocycles. The number of hydrogen-bond acceptors (Lipinski definition) is 5. The molecule has 0 saturated carbocycles. The van der Waals surface area contributed by atoms with E-state index < -0.39 is 0 Å². The maximum absolute atomic E-state index is 14.6. The van der Waals surface area contributed by atoms with E-state index in [9.17, 15) is 4.39 Å². The number of pyridine rings is 1. The van der Waals surface area contributed by atoms with Crippen molar-refractivity contribution >= 4 is 16.9 Å². The van der Waals surface area contributed by atoms with Crippen LogP contribution in [0.3, 0.4) is 0 Å². The molecule has 0 saturated heterocycles. The van der Waals surface area contributed by atoms with Gasteiger partial charge in [-0.2, -0.15) is 5.10 Å². The van der Waals surface area contributed by atoms with E-state index in [1.807, 2.05) is 17.7 Å². The van der Waals surface area contributed by atoms with Crippen molar-refractivity contribution in [3.05, 3.63) is 65.0 Å². The predicted octanol–water partition coefficient (Wildman–Crippen LogP) is 3.71. The lowest BCUT2D eigenvalue weighted by Crippen LogP contribution is -2.08. The monoisotopic (exact) mass is 388 g/mol. The molecule has 5 rings (SSSR count). The highest BCUT2D eigenvalue weighted by atomic mass is 19.1. The van der Waals surface area contributed by atoms with Gasteiger partial charge in [-0.05, 0) is 49.4 Å². The van der Waals surface area contributed by atoms with Gasteiger partial charge in [-0.25, -0.2) is 19.0 Å². The molecule has 29 heavy (non-hydrogen) atoms. The van der Waals surface area contributed by atoms with Gasteiger partial charge in [-0.3, -0.25) is 4.98 Å². The Labute approximate surface area is 167 Å². The summed E-state index contributed by atoms with van der Waals surface area (Å²) in [5.74, 6) is 0.157. The van der Waals surface area contributed by atoms with E-state index in [0.29, 0.717) is 29.3 Å². The number of nitrogens with two attached hydrogens (primary N) is 1. The van der Waals surface area contributed by atoms with Gasteiger partial charge in [0.1, 0.15) is 18.0 Å². The molecular weight excluding hydrogens is 367 g/mol. The Hall–Kier alpha value is -3.35. The van der Waals surface area contributed by atoms with Crippen LogP contribution in [0.25, 0.3) is 22.3 Å². The number of aromatic nitrogens is 5. The van der Waals surface area contributed by atoms with Crippen LogP contribution in [0.5, 0.6) is 0 Å². The maximum Gasteiger partial charge on any atom is 0.163 e. The molecule has 4 aromatic rings. The van der Waals surface area contributed by atoms with Gasteiger partial charge < -0.3 is 5.73 Å². The number of anilines is 1. The molecule has 7 heteroatoms. The fraction of sp³-hybridized carbons (Fsp3) is 0.273. The van der Waals surface area contributed by atoms with E-state index in [4.69, 9.17) is 15.8 Å². The van der Waals surface area contributed by atoms with Crippen LogP contribution in [-0.4, -0.2) is 24.7 Å². The van der Waals surface area contributed by atoms with E-state index in [1.165, 1.54) is 18.0 Å². The fourth-order valence-corrected chi connectivity index (χ4v) is 4.15. The summed E-state index contributed by atoms with van der Waals surface area (Å²) in [7, 11) is 0. The highest BCUT2D eigenvalue weighted by Gasteiger charge is 2.21. The van der Waals surface area contributed by atoms with Crippen LogP contribution < -0.4 is 5.73 Å². The van der Waals surface area contributed by atoms with Crippen LogP contribution in [0.1, 0.15) is 35.9 Å². The van der Waals surface area contributed by atoms with Crippen molar-refractivity contribution in [2.75, 3.05) is 5.73 Å². The third-order valence-electron chi connectivity index (χ3n) is 5.54. The lowest BCUT2D eigenvalue weighted by atomic mass is 10.0. The molecule has 0 unspecified atom stereocenters. The van der Waals surface area contributed by atoms with Gasteiger partial charge >= 0.3 is 0 Å². The van der Waals surface area contributed by atoms with Crippen molar-refractivity contribution < 1.29 is 4.39 Å². The minimum atomic E-state index is -0.273. The first-order chi connectivity index (χ1) is 14.2. The van der Waals surface area contributed by atoms with Crippen LogP contribution in [0, 0.1) is 5.82 Å². The van der Waals surface area contributed by atoms with Crippen molar-refractivity contribution in [2.24, 2.45) is 0 Å². The summed E-state index contributed by atoms with van der Waals surface area (Å²) in [4.78, 5) is 13.4. The van der Waals surface area contributed by atoms with Gasteiger partial charge in [0.15, 0.2) is 5.65 Å². The average molecular weight is 388 g/mol. The third-order valence-corrected chi connectivity index (χ3v) is 5.54. The second-order valence-corrected chi connectivity index (χ2v) is 7.35. The minimum absolute atomic E-state index is 0.273. The molecule has 0 spiro atoms. The number of halogens is 1. The minimum Gasteiger partial charge on any atom is -0.383 e. The third kappa shape index (κ3) is 2.93. The van der Waals surface area contributed by atoms with Gasteiger partial charge in [0, 0.05) is 16.8 Å². The second kappa shape index (κ2) is 6.92. The Kier molecular flexibility index (Phi) is 4.23. The Bertz CT molecular complexity index is 1230. The molecule has 146 valence electrons. The van der Waals surface area contributed by atoms with Crippen molar-refractivity contribution in [3.8, 4) is 11.3 Å². The van der Waals surface area contributed by atoms with E-state index >= 15 is 0 Å². The van der Waals surface area contributed by atoms with Crippen LogP contribution >= 0.6 is 0 Å². The first-order valence-corrected chi connectivity index (χ1v) is 9.88. The van der Waals surface area contributed by atoms with E-state index in [0.717, 1.165) is 48.0 Å². The van der Waals surface area contributed by atoms with Gasteiger partial charge in [-0.15, -0.1) is 0 Å². The molecule has 2 N–H and O–H groups in total. The van der Waals surface area contributed by atoms with E-state index in [-0.39, 0.29) is 5.82 Å². The molecule has 3 aromatic heterocycles. The summed E-state index contributed by atoms with van der Waals surface area (Å²) in [5, 5.41) is 5.52. The smallest absolute Gasteiger partial charge is 0.163 e. The van der Waals surface area contributed by atoms with Gasteiger partial charge in [0.25, 0.3) is 0 Å². The highest BCUT2D eigenvalue weighted by molar-refractivity contribution is 5.88. The quantitative estimate of drug-likeness (QED) is 0.576. The Balaban J connectivity index is 1.69. The number of fused-ring (bicyclic) bond motifs is 2. The van der Waals surface area contributed by atoms with Crippen LogP contribution in [0.4, 0.5) is 10.2 Å². The summed E-state index contributed by atoms with van der Waals surface area (Å²) in [6, 6.07) is 8.94. The lowest BCUT2D eigenvalue weighted by Gasteiger charge is -2.13. The molecule has 0 amide bonds.